The van der Waals surface area contributed by atoms with Crippen molar-refractivity contribution in [1.29, 1.82) is 0 Å². The van der Waals surface area contributed by atoms with Crippen molar-refractivity contribution >= 4 is 5.91 Å². The first-order valence-electron chi connectivity index (χ1n) is 6.72. The number of hydrogen-bond donors (Lipinski definition) is 1. The Bertz CT molecular complexity index is 662. The van der Waals surface area contributed by atoms with E-state index in [9.17, 15) is 9.18 Å². The fourth-order valence-electron chi connectivity index (χ4n) is 1.99. The molecule has 1 N–H and O–H groups in total. The van der Waals surface area contributed by atoms with Crippen molar-refractivity contribution in [3.05, 3.63) is 48.0 Å². The van der Waals surface area contributed by atoms with Gasteiger partial charge >= 0.3 is 0 Å². The lowest BCUT2D eigenvalue weighted by molar-refractivity contribution is 0.0937. The standard InChI is InChI=1S/C16H17FN2O3/c1-21-6-5-19-16(20)12-7-11(9-18-10-12)14-8-13(17)3-4-15(14)22-2/h3-4,7-10H,5-6H2,1-2H3,(H,19,20). The number of rotatable bonds is 6. The molecule has 1 aromatic heterocycles. The zero-order valence-electron chi connectivity index (χ0n) is 12.4. The summed E-state index contributed by atoms with van der Waals surface area (Å²) in [4.78, 5) is 16.1. The van der Waals surface area contributed by atoms with Gasteiger partial charge in [0, 0.05) is 37.2 Å². The molecule has 2 aromatic rings. The summed E-state index contributed by atoms with van der Waals surface area (Å²) in [7, 11) is 3.07. The number of aromatic nitrogens is 1. The number of nitrogens with zero attached hydrogens (tertiary/aromatic N) is 1. The summed E-state index contributed by atoms with van der Waals surface area (Å²) in [6.07, 6.45) is 3.01. The highest BCUT2D eigenvalue weighted by atomic mass is 19.1. The molecule has 0 spiro atoms. The molecule has 1 amide bonds. The number of hydrogen-bond acceptors (Lipinski definition) is 4. The van der Waals surface area contributed by atoms with Crippen LogP contribution in [0.15, 0.2) is 36.7 Å². The van der Waals surface area contributed by atoms with Gasteiger partial charge in [0.2, 0.25) is 0 Å². The van der Waals surface area contributed by atoms with Crippen LogP contribution in [0.3, 0.4) is 0 Å². The molecule has 0 bridgehead atoms. The van der Waals surface area contributed by atoms with E-state index in [0.29, 0.717) is 35.6 Å². The van der Waals surface area contributed by atoms with E-state index in [1.54, 1.807) is 19.4 Å². The normalized spacial score (nSPS) is 10.3. The number of pyridine rings is 1. The van der Waals surface area contributed by atoms with Crippen LogP contribution in [0.25, 0.3) is 11.1 Å². The fraction of sp³-hybridized carbons (Fsp3) is 0.250. The van der Waals surface area contributed by atoms with Crippen LogP contribution in [0.5, 0.6) is 5.75 Å². The van der Waals surface area contributed by atoms with Crippen molar-refractivity contribution < 1.29 is 18.7 Å². The van der Waals surface area contributed by atoms with E-state index < -0.39 is 0 Å². The van der Waals surface area contributed by atoms with Crippen LogP contribution >= 0.6 is 0 Å². The van der Waals surface area contributed by atoms with E-state index in [1.165, 1.54) is 31.5 Å². The molecule has 0 fully saturated rings. The molecule has 0 saturated heterocycles. The number of carbonyl (C=O) groups excluding carboxylic acids is 1. The highest BCUT2D eigenvalue weighted by Crippen LogP contribution is 2.30. The molecule has 0 aliphatic heterocycles. The van der Waals surface area contributed by atoms with Crippen molar-refractivity contribution in [1.82, 2.24) is 10.3 Å². The highest BCUT2D eigenvalue weighted by Gasteiger charge is 2.11. The minimum atomic E-state index is -0.384. The number of methoxy groups -OCH3 is 2. The van der Waals surface area contributed by atoms with Crippen molar-refractivity contribution in [3.63, 3.8) is 0 Å². The second-order valence-corrected chi connectivity index (χ2v) is 4.56. The van der Waals surface area contributed by atoms with Gasteiger partial charge in [-0.15, -0.1) is 0 Å². The molecule has 22 heavy (non-hydrogen) atoms. The first kappa shape index (κ1) is 15.9. The third-order valence-electron chi connectivity index (χ3n) is 3.06. The average Bonchev–Trinajstić information content (AvgIpc) is 2.55. The second-order valence-electron chi connectivity index (χ2n) is 4.56. The van der Waals surface area contributed by atoms with Gasteiger partial charge in [-0.05, 0) is 24.3 Å². The molecule has 0 saturated carbocycles. The van der Waals surface area contributed by atoms with Gasteiger partial charge < -0.3 is 14.8 Å². The number of ether oxygens (including phenoxy) is 2. The van der Waals surface area contributed by atoms with Crippen LogP contribution < -0.4 is 10.1 Å². The maximum Gasteiger partial charge on any atom is 0.252 e. The van der Waals surface area contributed by atoms with Gasteiger partial charge in [-0.1, -0.05) is 0 Å². The highest BCUT2D eigenvalue weighted by molar-refractivity contribution is 5.95. The first-order chi connectivity index (χ1) is 10.7. The Morgan fingerprint density at radius 1 is 1.27 bits per heavy atom. The molecule has 0 atom stereocenters. The van der Waals surface area contributed by atoms with E-state index in [4.69, 9.17) is 9.47 Å². The van der Waals surface area contributed by atoms with E-state index in [2.05, 4.69) is 10.3 Å². The van der Waals surface area contributed by atoms with E-state index in [1.807, 2.05) is 0 Å². The summed E-state index contributed by atoms with van der Waals surface area (Å²) < 4.78 is 23.6. The lowest BCUT2D eigenvalue weighted by Gasteiger charge is -2.10. The van der Waals surface area contributed by atoms with Crippen LogP contribution in [0.2, 0.25) is 0 Å². The number of amides is 1. The Hall–Kier alpha value is -2.47. The Kier molecular flexibility index (Phi) is 5.43. The molecule has 0 aliphatic carbocycles. The van der Waals surface area contributed by atoms with Crippen molar-refractivity contribution in [2.24, 2.45) is 0 Å². The van der Waals surface area contributed by atoms with Gasteiger partial charge in [0.05, 0.1) is 19.3 Å². The smallest absolute Gasteiger partial charge is 0.252 e. The van der Waals surface area contributed by atoms with E-state index in [0.717, 1.165) is 0 Å². The molecule has 0 radical (unpaired) electrons. The van der Waals surface area contributed by atoms with Crippen LogP contribution in [0.4, 0.5) is 4.39 Å². The molecular weight excluding hydrogens is 287 g/mol. The lowest BCUT2D eigenvalue weighted by atomic mass is 10.0. The van der Waals surface area contributed by atoms with Gasteiger partial charge in [0.25, 0.3) is 5.91 Å². The third-order valence-corrected chi connectivity index (χ3v) is 3.06. The molecular formula is C16H17FN2O3. The molecule has 5 nitrogen and oxygen atoms in total. The summed E-state index contributed by atoms with van der Waals surface area (Å²) in [6.45, 7) is 0.833. The Morgan fingerprint density at radius 2 is 2.09 bits per heavy atom. The maximum atomic E-state index is 13.5. The second kappa shape index (κ2) is 7.51. The van der Waals surface area contributed by atoms with Crippen molar-refractivity contribution in [2.45, 2.75) is 0 Å². The van der Waals surface area contributed by atoms with Crippen molar-refractivity contribution in [3.8, 4) is 16.9 Å². The fourth-order valence-corrected chi connectivity index (χ4v) is 1.99. The Labute approximate surface area is 128 Å². The minimum Gasteiger partial charge on any atom is -0.496 e. The number of halogens is 1. The topological polar surface area (TPSA) is 60.5 Å². The molecule has 6 heteroatoms. The van der Waals surface area contributed by atoms with Gasteiger partial charge in [0.1, 0.15) is 11.6 Å². The maximum absolute atomic E-state index is 13.5. The largest absolute Gasteiger partial charge is 0.496 e. The summed E-state index contributed by atoms with van der Waals surface area (Å²) >= 11 is 0. The van der Waals surface area contributed by atoms with Gasteiger partial charge in [-0.25, -0.2) is 4.39 Å². The monoisotopic (exact) mass is 304 g/mol. The van der Waals surface area contributed by atoms with E-state index >= 15 is 0 Å². The molecule has 0 aliphatic rings. The van der Waals surface area contributed by atoms with Gasteiger partial charge in [0.15, 0.2) is 0 Å². The summed E-state index contributed by atoms with van der Waals surface area (Å²) in [5, 5.41) is 2.71. The predicted molar refractivity (Wildman–Crippen MR) is 80.4 cm³/mol. The molecule has 116 valence electrons. The first-order valence-corrected chi connectivity index (χ1v) is 6.72. The lowest BCUT2D eigenvalue weighted by Crippen LogP contribution is -2.27. The Morgan fingerprint density at radius 3 is 2.82 bits per heavy atom. The zero-order chi connectivity index (χ0) is 15.9. The van der Waals surface area contributed by atoms with Crippen LogP contribution in [0.1, 0.15) is 10.4 Å². The predicted octanol–water partition coefficient (Wildman–Crippen LogP) is 2.27. The number of carbonyl (C=O) groups is 1. The molecule has 0 unspecified atom stereocenters. The van der Waals surface area contributed by atoms with Crippen molar-refractivity contribution in [2.75, 3.05) is 27.4 Å². The summed E-state index contributed by atoms with van der Waals surface area (Å²) in [6, 6.07) is 5.85. The zero-order valence-corrected chi connectivity index (χ0v) is 12.4. The Balaban J connectivity index is 2.28. The number of nitrogens with one attached hydrogen (secondary N) is 1. The molecule has 1 aromatic carbocycles. The molecule has 1 heterocycles. The average molecular weight is 304 g/mol. The summed E-state index contributed by atoms with van der Waals surface area (Å²) in [5.74, 6) is -0.132. The summed E-state index contributed by atoms with van der Waals surface area (Å²) in [5.41, 5.74) is 1.54. The van der Waals surface area contributed by atoms with Gasteiger partial charge in [-0.2, -0.15) is 0 Å². The van der Waals surface area contributed by atoms with E-state index in [-0.39, 0.29) is 11.7 Å². The molecule has 2 rings (SSSR count). The minimum absolute atomic E-state index is 0.262. The number of benzene rings is 1. The van der Waals surface area contributed by atoms with Crippen LogP contribution in [-0.2, 0) is 4.74 Å². The SMILES string of the molecule is COCCNC(=O)c1cncc(-c2cc(F)ccc2OC)c1. The quantitative estimate of drug-likeness (QED) is 0.832. The van der Waals surface area contributed by atoms with Gasteiger partial charge in [-0.3, -0.25) is 9.78 Å². The van der Waals surface area contributed by atoms with Crippen LogP contribution in [-0.4, -0.2) is 38.3 Å². The van der Waals surface area contributed by atoms with Crippen LogP contribution in [0, 0.1) is 5.82 Å². The third kappa shape index (κ3) is 3.79.